The number of nitrogens with zero attached hydrogens (tertiary/aromatic N) is 2. The van der Waals surface area contributed by atoms with Crippen LogP contribution in [0.3, 0.4) is 0 Å². The van der Waals surface area contributed by atoms with Crippen molar-refractivity contribution in [2.45, 2.75) is 33.2 Å². The van der Waals surface area contributed by atoms with Crippen molar-refractivity contribution < 1.29 is 13.9 Å². The molecule has 1 N–H and O–H groups in total. The summed E-state index contributed by atoms with van der Waals surface area (Å²) in [6.07, 6.45) is 1.95. The number of hydrogen-bond acceptors (Lipinski definition) is 4. The first kappa shape index (κ1) is 18.8. The summed E-state index contributed by atoms with van der Waals surface area (Å²) in [4.78, 5) is 12.4. The van der Waals surface area contributed by atoms with Crippen molar-refractivity contribution in [1.82, 2.24) is 15.1 Å². The van der Waals surface area contributed by atoms with Gasteiger partial charge >= 0.3 is 0 Å². The molecule has 1 amide bonds. The molecule has 3 rings (SSSR count). The Morgan fingerprint density at radius 2 is 2.04 bits per heavy atom. The fourth-order valence-electron chi connectivity index (χ4n) is 3.08. The molecule has 1 aromatic carbocycles. The Morgan fingerprint density at radius 3 is 2.63 bits per heavy atom. The highest BCUT2D eigenvalue weighted by atomic mass is 16.5. The summed E-state index contributed by atoms with van der Waals surface area (Å²) in [6.45, 7) is 6.93. The number of nitrogens with one attached hydrogen (secondary N) is 1. The Balaban J connectivity index is 1.65. The average molecular weight is 367 g/mol. The molecule has 0 saturated heterocycles. The maximum atomic E-state index is 12.4. The second-order valence-electron chi connectivity index (χ2n) is 6.46. The number of benzene rings is 1. The van der Waals surface area contributed by atoms with Crippen molar-refractivity contribution in [2.75, 3.05) is 13.2 Å². The third kappa shape index (κ3) is 4.78. The summed E-state index contributed by atoms with van der Waals surface area (Å²) < 4.78 is 12.9. The van der Waals surface area contributed by atoms with Crippen LogP contribution in [-0.2, 0) is 11.2 Å². The summed E-state index contributed by atoms with van der Waals surface area (Å²) in [5.74, 6) is 1.53. The van der Waals surface area contributed by atoms with Gasteiger partial charge in [0.15, 0.2) is 0 Å². The highest BCUT2D eigenvalue weighted by molar-refractivity contribution is 5.78. The number of carbonyl (C=O) groups excluding carboxylic acids is 1. The first-order valence-corrected chi connectivity index (χ1v) is 9.11. The minimum absolute atomic E-state index is 0.0442. The van der Waals surface area contributed by atoms with E-state index in [0.29, 0.717) is 19.6 Å². The van der Waals surface area contributed by atoms with Crippen LogP contribution in [0.1, 0.15) is 35.7 Å². The predicted molar refractivity (Wildman–Crippen MR) is 103 cm³/mol. The Hall–Kier alpha value is -3.02. The Morgan fingerprint density at radius 1 is 1.26 bits per heavy atom. The molecule has 6 nitrogen and oxygen atoms in total. The van der Waals surface area contributed by atoms with Gasteiger partial charge < -0.3 is 14.5 Å². The smallest absolute Gasteiger partial charge is 0.224 e. The quantitative estimate of drug-likeness (QED) is 0.662. The third-order valence-corrected chi connectivity index (χ3v) is 4.30. The van der Waals surface area contributed by atoms with Crippen molar-refractivity contribution in [3.05, 3.63) is 71.4 Å². The Kier molecular flexibility index (Phi) is 5.96. The first-order chi connectivity index (χ1) is 13.1. The summed E-state index contributed by atoms with van der Waals surface area (Å²) >= 11 is 0. The van der Waals surface area contributed by atoms with Crippen molar-refractivity contribution >= 4 is 5.91 Å². The second-order valence-corrected chi connectivity index (χ2v) is 6.46. The topological polar surface area (TPSA) is 69.3 Å². The summed E-state index contributed by atoms with van der Waals surface area (Å²) in [5.41, 5.74) is 2.90. The molecule has 0 aliphatic carbocycles. The molecule has 27 heavy (non-hydrogen) atoms. The van der Waals surface area contributed by atoms with E-state index in [4.69, 9.17) is 9.15 Å². The maximum Gasteiger partial charge on any atom is 0.224 e. The van der Waals surface area contributed by atoms with Gasteiger partial charge in [0.2, 0.25) is 5.91 Å². The van der Waals surface area contributed by atoms with E-state index in [1.807, 2.05) is 67.9 Å². The van der Waals surface area contributed by atoms with E-state index in [-0.39, 0.29) is 11.9 Å². The van der Waals surface area contributed by atoms with Crippen LogP contribution in [0.5, 0.6) is 5.75 Å². The summed E-state index contributed by atoms with van der Waals surface area (Å²) in [5, 5.41) is 7.55. The van der Waals surface area contributed by atoms with Crippen molar-refractivity contribution in [1.29, 1.82) is 0 Å². The number of amides is 1. The van der Waals surface area contributed by atoms with Gasteiger partial charge in [-0.2, -0.15) is 5.10 Å². The van der Waals surface area contributed by atoms with Crippen LogP contribution in [0.15, 0.2) is 53.1 Å². The average Bonchev–Trinajstić information content (AvgIpc) is 3.27. The molecular weight excluding hydrogens is 342 g/mol. The van der Waals surface area contributed by atoms with E-state index in [9.17, 15) is 4.79 Å². The molecule has 0 fully saturated rings. The number of furan rings is 1. The van der Waals surface area contributed by atoms with E-state index in [1.54, 1.807) is 6.26 Å². The molecule has 0 spiro atoms. The van der Waals surface area contributed by atoms with Gasteiger partial charge in [-0.25, -0.2) is 0 Å². The highest BCUT2D eigenvalue weighted by Gasteiger charge is 2.20. The van der Waals surface area contributed by atoms with Gasteiger partial charge in [-0.15, -0.1) is 0 Å². The number of hydrogen-bond donors (Lipinski definition) is 1. The number of aryl methyl sites for hydroxylation is 2. The van der Waals surface area contributed by atoms with E-state index in [2.05, 4.69) is 10.4 Å². The molecule has 0 saturated carbocycles. The SMILES string of the molecule is CCOc1ccc(CC(=O)NC[C@H](c2ccco2)n2nc(C)cc2C)cc1. The van der Waals surface area contributed by atoms with Crippen LogP contribution in [0, 0.1) is 13.8 Å². The number of aromatic nitrogens is 2. The predicted octanol–water partition coefficient (Wildman–Crippen LogP) is 3.44. The lowest BCUT2D eigenvalue weighted by Gasteiger charge is -2.18. The molecule has 142 valence electrons. The number of ether oxygens (including phenoxy) is 1. The molecule has 0 radical (unpaired) electrons. The molecule has 0 aliphatic heterocycles. The van der Waals surface area contributed by atoms with Gasteiger partial charge in [-0.3, -0.25) is 9.48 Å². The zero-order valence-corrected chi connectivity index (χ0v) is 15.9. The van der Waals surface area contributed by atoms with Crippen molar-refractivity contribution in [3.8, 4) is 5.75 Å². The van der Waals surface area contributed by atoms with Crippen LogP contribution in [0.2, 0.25) is 0 Å². The van der Waals surface area contributed by atoms with Gasteiger partial charge in [-0.05, 0) is 56.7 Å². The lowest BCUT2D eigenvalue weighted by molar-refractivity contribution is -0.120. The molecule has 6 heteroatoms. The minimum Gasteiger partial charge on any atom is -0.494 e. The zero-order valence-electron chi connectivity index (χ0n) is 15.9. The van der Waals surface area contributed by atoms with E-state index in [1.165, 1.54) is 0 Å². The molecular formula is C21H25N3O3. The lowest BCUT2D eigenvalue weighted by Crippen LogP contribution is -2.33. The second kappa shape index (κ2) is 8.58. The molecule has 0 aliphatic rings. The highest BCUT2D eigenvalue weighted by Crippen LogP contribution is 2.20. The molecule has 2 heterocycles. The van der Waals surface area contributed by atoms with Crippen LogP contribution in [0.25, 0.3) is 0 Å². The lowest BCUT2D eigenvalue weighted by atomic mass is 10.1. The number of rotatable bonds is 8. The molecule has 0 bridgehead atoms. The van der Waals surface area contributed by atoms with Gasteiger partial charge in [0.25, 0.3) is 0 Å². The minimum atomic E-state index is -0.182. The van der Waals surface area contributed by atoms with Crippen LogP contribution < -0.4 is 10.1 Å². The zero-order chi connectivity index (χ0) is 19.2. The maximum absolute atomic E-state index is 12.4. The van der Waals surface area contributed by atoms with Gasteiger partial charge in [0.1, 0.15) is 17.6 Å². The number of carbonyl (C=O) groups is 1. The van der Waals surface area contributed by atoms with Crippen molar-refractivity contribution in [2.24, 2.45) is 0 Å². The van der Waals surface area contributed by atoms with Crippen LogP contribution in [0.4, 0.5) is 0 Å². The standard InChI is InChI=1S/C21H25N3O3/c1-4-26-18-9-7-17(8-10-18)13-21(25)22-14-19(20-6-5-11-27-20)24-16(3)12-15(2)23-24/h5-12,19H,4,13-14H2,1-3H3,(H,22,25)/t19-/m1/s1. The Labute approximate surface area is 159 Å². The summed E-state index contributed by atoms with van der Waals surface area (Å²) in [6, 6.07) is 13.2. The fourth-order valence-corrected chi connectivity index (χ4v) is 3.08. The van der Waals surface area contributed by atoms with Gasteiger partial charge in [0, 0.05) is 12.2 Å². The normalized spacial score (nSPS) is 12.0. The molecule has 3 aromatic rings. The van der Waals surface area contributed by atoms with Crippen LogP contribution in [-0.4, -0.2) is 28.8 Å². The monoisotopic (exact) mass is 367 g/mol. The molecule has 1 atom stereocenters. The van der Waals surface area contributed by atoms with E-state index >= 15 is 0 Å². The van der Waals surface area contributed by atoms with Gasteiger partial charge in [-0.1, -0.05) is 12.1 Å². The van der Waals surface area contributed by atoms with Gasteiger partial charge in [0.05, 0.1) is 25.0 Å². The van der Waals surface area contributed by atoms with E-state index in [0.717, 1.165) is 28.5 Å². The third-order valence-electron chi connectivity index (χ3n) is 4.30. The molecule has 0 unspecified atom stereocenters. The van der Waals surface area contributed by atoms with Crippen molar-refractivity contribution in [3.63, 3.8) is 0 Å². The first-order valence-electron chi connectivity index (χ1n) is 9.11. The fraction of sp³-hybridized carbons (Fsp3) is 0.333. The Bertz CT molecular complexity index is 867. The molecule has 2 aromatic heterocycles. The van der Waals surface area contributed by atoms with E-state index < -0.39 is 0 Å². The largest absolute Gasteiger partial charge is 0.494 e. The van der Waals surface area contributed by atoms with Crippen LogP contribution >= 0.6 is 0 Å². The summed E-state index contributed by atoms with van der Waals surface area (Å²) in [7, 11) is 0.